The molecule has 2 fully saturated rings. The lowest BCUT2D eigenvalue weighted by Crippen LogP contribution is -2.62. The van der Waals surface area contributed by atoms with Gasteiger partial charge in [0.2, 0.25) is 0 Å². The highest BCUT2D eigenvalue weighted by Crippen LogP contribution is 2.42. The van der Waals surface area contributed by atoms with Crippen LogP contribution in [0.5, 0.6) is 0 Å². The highest BCUT2D eigenvalue weighted by atomic mass is 19.1. The number of aryl methyl sites for hydroxylation is 1. The molecule has 2 aromatic carbocycles. The normalized spacial score (nSPS) is 26.8. The second kappa shape index (κ2) is 7.53. The molecule has 0 aliphatic carbocycles. The van der Waals surface area contributed by atoms with Gasteiger partial charge in [0.1, 0.15) is 12.4 Å². The fourth-order valence-electron chi connectivity index (χ4n) is 4.28. The van der Waals surface area contributed by atoms with E-state index in [-0.39, 0.29) is 31.5 Å². The molecule has 148 valence electrons. The van der Waals surface area contributed by atoms with Gasteiger partial charge in [-0.1, -0.05) is 48.0 Å². The molecule has 1 amide bonds. The molecule has 2 bridgehead atoms. The Morgan fingerprint density at radius 3 is 2.57 bits per heavy atom. The molecule has 2 unspecified atom stereocenters. The van der Waals surface area contributed by atoms with Crippen LogP contribution in [0.15, 0.2) is 48.5 Å². The summed E-state index contributed by atoms with van der Waals surface area (Å²) in [7, 11) is 0. The smallest absolute Gasteiger partial charge is 0.410 e. The Hall–Kier alpha value is -2.44. The molecule has 0 radical (unpaired) electrons. The molecule has 0 saturated carbocycles. The minimum absolute atomic E-state index is 0.188. The summed E-state index contributed by atoms with van der Waals surface area (Å²) in [6.45, 7) is 2.65. The molecule has 1 N–H and O–H groups in total. The van der Waals surface area contributed by atoms with Gasteiger partial charge in [-0.3, -0.25) is 4.90 Å². The van der Waals surface area contributed by atoms with E-state index in [0.717, 1.165) is 11.1 Å². The number of carbonyl (C=O) groups is 1. The molecule has 2 heterocycles. The summed E-state index contributed by atoms with van der Waals surface area (Å²) in [4.78, 5) is 14.4. The fraction of sp³-hybridized carbons (Fsp3) is 0.409. The number of benzene rings is 2. The molecule has 0 aromatic heterocycles. The zero-order valence-corrected chi connectivity index (χ0v) is 15.8. The van der Waals surface area contributed by atoms with Crippen LogP contribution in [0.3, 0.4) is 0 Å². The van der Waals surface area contributed by atoms with Crippen LogP contribution in [-0.2, 0) is 21.7 Å². The molecule has 5 nitrogen and oxygen atoms in total. The molecule has 2 aromatic rings. The second-order valence-corrected chi connectivity index (χ2v) is 7.72. The number of nitrogens with zero attached hydrogens (tertiary/aromatic N) is 1. The molecular formula is C22H24FNO4. The Balaban J connectivity index is 1.52. The molecular weight excluding hydrogens is 361 g/mol. The van der Waals surface area contributed by atoms with E-state index in [4.69, 9.17) is 9.47 Å². The predicted molar refractivity (Wildman–Crippen MR) is 101 cm³/mol. The number of rotatable bonds is 3. The minimum Gasteiger partial charge on any atom is -0.445 e. The third-order valence-corrected chi connectivity index (χ3v) is 5.59. The van der Waals surface area contributed by atoms with Crippen LogP contribution in [0.1, 0.15) is 29.5 Å². The van der Waals surface area contributed by atoms with Crippen molar-refractivity contribution in [3.8, 4) is 0 Å². The Labute approximate surface area is 163 Å². The number of halogens is 1. The second-order valence-electron chi connectivity index (χ2n) is 7.72. The maximum atomic E-state index is 14.4. The fourth-order valence-corrected chi connectivity index (χ4v) is 4.28. The first-order valence-corrected chi connectivity index (χ1v) is 9.52. The van der Waals surface area contributed by atoms with Gasteiger partial charge in [0.05, 0.1) is 30.9 Å². The van der Waals surface area contributed by atoms with Crippen LogP contribution < -0.4 is 0 Å². The highest BCUT2D eigenvalue weighted by molar-refractivity contribution is 5.69. The summed E-state index contributed by atoms with van der Waals surface area (Å²) in [6, 6.07) is 13.5. The number of hydrogen-bond donors (Lipinski definition) is 1. The van der Waals surface area contributed by atoms with E-state index in [1.807, 2.05) is 37.3 Å². The third kappa shape index (κ3) is 3.62. The summed E-state index contributed by atoms with van der Waals surface area (Å²) in [5.74, 6) is -0.424. The van der Waals surface area contributed by atoms with Gasteiger partial charge in [-0.15, -0.1) is 0 Å². The van der Waals surface area contributed by atoms with E-state index in [1.54, 1.807) is 17.0 Å². The van der Waals surface area contributed by atoms with Crippen LogP contribution in [-0.4, -0.2) is 41.4 Å². The summed E-state index contributed by atoms with van der Waals surface area (Å²) in [5, 5.41) is 11.3. The first-order valence-electron chi connectivity index (χ1n) is 9.52. The summed E-state index contributed by atoms with van der Waals surface area (Å²) in [6.07, 6.45) is 0.00292. The van der Waals surface area contributed by atoms with Gasteiger partial charge < -0.3 is 14.6 Å². The van der Waals surface area contributed by atoms with Crippen molar-refractivity contribution in [1.82, 2.24) is 4.90 Å². The topological polar surface area (TPSA) is 59.0 Å². The largest absolute Gasteiger partial charge is 0.445 e. The van der Waals surface area contributed by atoms with E-state index in [0.29, 0.717) is 18.8 Å². The van der Waals surface area contributed by atoms with Crippen molar-refractivity contribution in [2.24, 2.45) is 0 Å². The van der Waals surface area contributed by atoms with E-state index in [1.165, 1.54) is 6.07 Å². The number of morpholine rings is 1. The molecule has 2 saturated heterocycles. The highest BCUT2D eigenvalue weighted by Gasteiger charge is 2.50. The van der Waals surface area contributed by atoms with Crippen LogP contribution in [0, 0.1) is 12.7 Å². The molecule has 28 heavy (non-hydrogen) atoms. The van der Waals surface area contributed by atoms with Gasteiger partial charge in [-0.05, 0) is 18.6 Å². The van der Waals surface area contributed by atoms with Crippen molar-refractivity contribution in [3.63, 3.8) is 0 Å². The lowest BCUT2D eigenvalue weighted by atomic mass is 9.76. The molecule has 2 aliphatic heterocycles. The Morgan fingerprint density at radius 2 is 1.89 bits per heavy atom. The van der Waals surface area contributed by atoms with Crippen LogP contribution in [0.4, 0.5) is 9.18 Å². The Bertz CT molecular complexity index is 843. The van der Waals surface area contributed by atoms with Gasteiger partial charge in [0.15, 0.2) is 0 Å². The lowest BCUT2D eigenvalue weighted by Gasteiger charge is -2.51. The SMILES string of the molecule is Cc1ccc(F)c(C2(O)CC3COCC(C2)N3C(=O)OCc2ccccc2)c1. The number of amides is 1. The lowest BCUT2D eigenvalue weighted by molar-refractivity contribution is -0.137. The first-order chi connectivity index (χ1) is 13.5. The zero-order chi connectivity index (χ0) is 19.7. The number of fused-ring (bicyclic) bond motifs is 2. The van der Waals surface area contributed by atoms with E-state index < -0.39 is 17.5 Å². The summed E-state index contributed by atoms with van der Waals surface area (Å²) in [5.41, 5.74) is 0.760. The minimum atomic E-state index is -1.33. The van der Waals surface area contributed by atoms with Crippen molar-refractivity contribution in [1.29, 1.82) is 0 Å². The number of hydrogen-bond acceptors (Lipinski definition) is 4. The zero-order valence-electron chi connectivity index (χ0n) is 15.8. The van der Waals surface area contributed by atoms with Crippen molar-refractivity contribution < 1.29 is 23.8 Å². The first kappa shape index (κ1) is 18.9. The van der Waals surface area contributed by atoms with Gasteiger partial charge in [-0.2, -0.15) is 0 Å². The monoisotopic (exact) mass is 385 g/mol. The number of ether oxygens (including phenoxy) is 2. The standard InChI is InChI=1S/C22H24FNO4/c1-15-7-8-20(23)19(9-15)22(26)10-17-13-27-14-18(11-22)24(17)21(25)28-12-16-5-3-2-4-6-16/h2-9,17-18,26H,10-14H2,1H3. The van der Waals surface area contributed by atoms with Crippen LogP contribution >= 0.6 is 0 Å². The maximum absolute atomic E-state index is 14.4. The van der Waals surface area contributed by atoms with Crippen molar-refractivity contribution in [3.05, 3.63) is 71.0 Å². The number of aliphatic hydroxyl groups is 1. The molecule has 0 spiro atoms. The van der Waals surface area contributed by atoms with Crippen molar-refractivity contribution in [2.75, 3.05) is 13.2 Å². The van der Waals surface area contributed by atoms with E-state index >= 15 is 0 Å². The average Bonchev–Trinajstić information content (AvgIpc) is 2.68. The van der Waals surface area contributed by atoms with E-state index in [9.17, 15) is 14.3 Å². The van der Waals surface area contributed by atoms with Crippen molar-refractivity contribution >= 4 is 6.09 Å². The summed E-state index contributed by atoms with van der Waals surface area (Å²) < 4.78 is 25.5. The van der Waals surface area contributed by atoms with Gasteiger partial charge >= 0.3 is 6.09 Å². The number of carbonyl (C=O) groups excluding carboxylic acids is 1. The molecule has 2 aliphatic rings. The Kier molecular flexibility index (Phi) is 5.08. The van der Waals surface area contributed by atoms with Gasteiger partial charge in [0.25, 0.3) is 0 Å². The third-order valence-electron chi connectivity index (χ3n) is 5.59. The van der Waals surface area contributed by atoms with Crippen molar-refractivity contribution in [2.45, 2.75) is 44.1 Å². The quantitative estimate of drug-likeness (QED) is 0.878. The summed E-state index contributed by atoms with van der Waals surface area (Å²) >= 11 is 0. The van der Waals surface area contributed by atoms with Gasteiger partial charge in [0, 0.05) is 18.4 Å². The van der Waals surface area contributed by atoms with Gasteiger partial charge in [-0.25, -0.2) is 9.18 Å². The molecule has 6 heteroatoms. The molecule has 4 rings (SSSR count). The van der Waals surface area contributed by atoms with Crippen LogP contribution in [0.25, 0.3) is 0 Å². The van der Waals surface area contributed by atoms with Crippen LogP contribution in [0.2, 0.25) is 0 Å². The van der Waals surface area contributed by atoms with E-state index in [2.05, 4.69) is 0 Å². The average molecular weight is 385 g/mol. The predicted octanol–water partition coefficient (Wildman–Crippen LogP) is 3.52. The Morgan fingerprint density at radius 1 is 1.21 bits per heavy atom. The number of piperidine rings is 1. The maximum Gasteiger partial charge on any atom is 0.410 e. The molecule has 2 atom stereocenters.